The summed E-state index contributed by atoms with van der Waals surface area (Å²) in [6.07, 6.45) is 0. The van der Waals surface area contributed by atoms with Crippen molar-refractivity contribution in [2.75, 3.05) is 7.11 Å². The van der Waals surface area contributed by atoms with Gasteiger partial charge in [0, 0.05) is 5.56 Å². The molecule has 0 spiro atoms. The van der Waals surface area contributed by atoms with Crippen molar-refractivity contribution < 1.29 is 9.53 Å². The van der Waals surface area contributed by atoms with Gasteiger partial charge in [0.25, 0.3) is 0 Å². The Morgan fingerprint density at radius 1 is 1.18 bits per heavy atom. The minimum absolute atomic E-state index is 0.104. The zero-order valence-electron chi connectivity index (χ0n) is 12.9. The number of rotatable bonds is 4. The topological polar surface area (TPSA) is 44.1 Å². The van der Waals surface area contributed by atoms with Gasteiger partial charge in [-0.05, 0) is 38.1 Å². The highest BCUT2D eigenvalue weighted by molar-refractivity contribution is 5.86. The summed E-state index contributed by atoms with van der Waals surface area (Å²) in [5, 5.41) is 0. The average molecular weight is 294 g/mol. The summed E-state index contributed by atoms with van der Waals surface area (Å²) >= 11 is 0. The second kappa shape index (κ2) is 5.64. The van der Waals surface area contributed by atoms with Gasteiger partial charge in [-0.1, -0.05) is 24.3 Å². The first-order chi connectivity index (χ1) is 10.6. The van der Waals surface area contributed by atoms with Crippen LogP contribution in [0.5, 0.6) is 5.75 Å². The molecule has 1 aromatic heterocycles. The van der Waals surface area contributed by atoms with E-state index in [9.17, 15) is 4.79 Å². The maximum Gasteiger partial charge on any atom is 0.152 e. The highest BCUT2D eigenvalue weighted by atomic mass is 16.5. The third-order valence-electron chi connectivity index (χ3n) is 3.90. The SMILES string of the molecule is COc1cccc(-c2nc3ccccc3n2C(C)C(C)=O)c1. The smallest absolute Gasteiger partial charge is 0.152 e. The molecule has 0 aliphatic carbocycles. The molecule has 2 aromatic carbocycles. The summed E-state index contributed by atoms with van der Waals surface area (Å²) in [5.41, 5.74) is 2.78. The fourth-order valence-corrected chi connectivity index (χ4v) is 2.58. The molecule has 0 radical (unpaired) electrons. The fourth-order valence-electron chi connectivity index (χ4n) is 2.58. The fraction of sp³-hybridized carbons (Fsp3) is 0.222. The molecule has 0 saturated carbocycles. The predicted octanol–water partition coefficient (Wildman–Crippen LogP) is 3.86. The van der Waals surface area contributed by atoms with E-state index in [1.807, 2.05) is 60.0 Å². The van der Waals surface area contributed by atoms with E-state index in [-0.39, 0.29) is 11.8 Å². The lowest BCUT2D eigenvalue weighted by Crippen LogP contribution is -2.14. The number of Topliss-reactive ketones (excluding diaryl/α,β-unsaturated/α-hetero) is 1. The average Bonchev–Trinajstić information content (AvgIpc) is 2.93. The molecule has 0 fully saturated rings. The van der Waals surface area contributed by atoms with Gasteiger partial charge in [0.15, 0.2) is 5.78 Å². The Kier molecular flexibility index (Phi) is 3.67. The predicted molar refractivity (Wildman–Crippen MR) is 87.1 cm³/mol. The number of fused-ring (bicyclic) bond motifs is 1. The number of carbonyl (C=O) groups excluding carboxylic acids is 1. The summed E-state index contributed by atoms with van der Waals surface area (Å²) < 4.78 is 7.29. The van der Waals surface area contributed by atoms with Crippen molar-refractivity contribution in [1.82, 2.24) is 9.55 Å². The Labute approximate surface area is 129 Å². The van der Waals surface area contributed by atoms with Crippen LogP contribution in [0.25, 0.3) is 22.4 Å². The van der Waals surface area contributed by atoms with E-state index in [1.165, 1.54) is 0 Å². The molecule has 1 heterocycles. The van der Waals surface area contributed by atoms with Crippen LogP contribution in [0.15, 0.2) is 48.5 Å². The van der Waals surface area contributed by atoms with Crippen molar-refractivity contribution >= 4 is 16.8 Å². The van der Waals surface area contributed by atoms with Crippen molar-refractivity contribution in [2.45, 2.75) is 19.9 Å². The number of aromatic nitrogens is 2. The lowest BCUT2D eigenvalue weighted by atomic mass is 10.1. The Bertz CT molecular complexity index is 836. The van der Waals surface area contributed by atoms with Crippen molar-refractivity contribution in [3.8, 4) is 17.1 Å². The Balaban J connectivity index is 2.28. The first-order valence-corrected chi connectivity index (χ1v) is 7.23. The van der Waals surface area contributed by atoms with Crippen LogP contribution in [0.3, 0.4) is 0 Å². The van der Waals surface area contributed by atoms with Gasteiger partial charge < -0.3 is 9.30 Å². The Morgan fingerprint density at radius 3 is 2.68 bits per heavy atom. The van der Waals surface area contributed by atoms with Crippen LogP contribution in [0.1, 0.15) is 19.9 Å². The molecular weight excluding hydrogens is 276 g/mol. The minimum Gasteiger partial charge on any atom is -0.497 e. The molecule has 0 amide bonds. The number of ketones is 1. The number of imidazole rings is 1. The third kappa shape index (κ3) is 2.37. The Hall–Kier alpha value is -2.62. The van der Waals surface area contributed by atoms with Crippen LogP contribution >= 0.6 is 0 Å². The number of para-hydroxylation sites is 2. The first-order valence-electron chi connectivity index (χ1n) is 7.23. The normalized spacial score (nSPS) is 12.3. The minimum atomic E-state index is -0.270. The van der Waals surface area contributed by atoms with Crippen molar-refractivity contribution in [3.63, 3.8) is 0 Å². The maximum atomic E-state index is 11.9. The first kappa shape index (κ1) is 14.3. The van der Waals surface area contributed by atoms with E-state index in [1.54, 1.807) is 14.0 Å². The van der Waals surface area contributed by atoms with E-state index in [0.29, 0.717) is 0 Å². The number of methoxy groups -OCH3 is 1. The van der Waals surface area contributed by atoms with E-state index >= 15 is 0 Å². The second-order valence-electron chi connectivity index (χ2n) is 5.31. The monoisotopic (exact) mass is 294 g/mol. The molecule has 4 heteroatoms. The van der Waals surface area contributed by atoms with Gasteiger partial charge in [0.05, 0.1) is 24.2 Å². The molecule has 0 N–H and O–H groups in total. The molecule has 0 aliphatic rings. The summed E-state index contributed by atoms with van der Waals surface area (Å²) in [7, 11) is 1.64. The number of carbonyl (C=O) groups is 1. The molecular formula is C18H18N2O2. The van der Waals surface area contributed by atoms with E-state index < -0.39 is 0 Å². The molecule has 112 valence electrons. The largest absolute Gasteiger partial charge is 0.497 e. The molecule has 4 nitrogen and oxygen atoms in total. The zero-order chi connectivity index (χ0) is 15.7. The lowest BCUT2D eigenvalue weighted by molar-refractivity contribution is -0.119. The standard InChI is InChI=1S/C18H18N2O2/c1-12(13(2)21)20-17-10-5-4-9-16(17)19-18(20)14-7-6-8-15(11-14)22-3/h4-12H,1-3H3. The van der Waals surface area contributed by atoms with E-state index in [0.717, 1.165) is 28.2 Å². The van der Waals surface area contributed by atoms with Crippen molar-refractivity contribution in [2.24, 2.45) is 0 Å². The maximum absolute atomic E-state index is 11.9. The van der Waals surface area contributed by atoms with E-state index in [4.69, 9.17) is 9.72 Å². The molecule has 0 bridgehead atoms. The molecule has 22 heavy (non-hydrogen) atoms. The Morgan fingerprint density at radius 2 is 1.95 bits per heavy atom. The number of nitrogens with zero attached hydrogens (tertiary/aromatic N) is 2. The van der Waals surface area contributed by atoms with Gasteiger partial charge in [-0.25, -0.2) is 4.98 Å². The van der Waals surface area contributed by atoms with Gasteiger partial charge in [-0.15, -0.1) is 0 Å². The number of ether oxygens (including phenoxy) is 1. The number of hydrogen-bond donors (Lipinski definition) is 0. The van der Waals surface area contributed by atoms with Gasteiger partial charge in [-0.2, -0.15) is 0 Å². The van der Waals surface area contributed by atoms with Crippen molar-refractivity contribution in [1.29, 1.82) is 0 Å². The van der Waals surface area contributed by atoms with Crippen LogP contribution in [0.4, 0.5) is 0 Å². The van der Waals surface area contributed by atoms with Crippen LogP contribution in [-0.2, 0) is 4.79 Å². The third-order valence-corrected chi connectivity index (χ3v) is 3.90. The highest BCUT2D eigenvalue weighted by Crippen LogP contribution is 2.30. The van der Waals surface area contributed by atoms with Gasteiger partial charge in [0.2, 0.25) is 0 Å². The summed E-state index contributed by atoms with van der Waals surface area (Å²) in [4.78, 5) is 16.6. The molecule has 1 atom stereocenters. The van der Waals surface area contributed by atoms with E-state index in [2.05, 4.69) is 0 Å². The van der Waals surface area contributed by atoms with Crippen LogP contribution in [0.2, 0.25) is 0 Å². The zero-order valence-corrected chi connectivity index (χ0v) is 12.9. The van der Waals surface area contributed by atoms with Crippen LogP contribution < -0.4 is 4.74 Å². The van der Waals surface area contributed by atoms with Crippen molar-refractivity contribution in [3.05, 3.63) is 48.5 Å². The molecule has 0 saturated heterocycles. The number of benzene rings is 2. The van der Waals surface area contributed by atoms with Crippen LogP contribution in [0, 0.1) is 0 Å². The van der Waals surface area contributed by atoms with Gasteiger partial charge >= 0.3 is 0 Å². The summed E-state index contributed by atoms with van der Waals surface area (Å²) in [6, 6.07) is 15.3. The van der Waals surface area contributed by atoms with Gasteiger partial charge in [0.1, 0.15) is 11.6 Å². The van der Waals surface area contributed by atoms with Gasteiger partial charge in [-0.3, -0.25) is 4.79 Å². The number of hydrogen-bond acceptors (Lipinski definition) is 3. The summed E-state index contributed by atoms with van der Waals surface area (Å²) in [5.74, 6) is 1.65. The highest BCUT2D eigenvalue weighted by Gasteiger charge is 2.19. The molecule has 1 unspecified atom stereocenters. The van der Waals surface area contributed by atoms with Crippen LogP contribution in [-0.4, -0.2) is 22.4 Å². The summed E-state index contributed by atoms with van der Waals surface area (Å²) in [6.45, 7) is 3.51. The lowest BCUT2D eigenvalue weighted by Gasteiger charge is -2.15. The molecule has 3 aromatic rings. The molecule has 0 aliphatic heterocycles. The second-order valence-corrected chi connectivity index (χ2v) is 5.31. The molecule has 3 rings (SSSR count). The quantitative estimate of drug-likeness (QED) is 0.734.